The third kappa shape index (κ3) is 43.8. The zero-order valence-electron chi connectivity index (χ0n) is 37.1. The SMILES string of the molecule is CC/C=C\C/C=C\C/C=C\C/C=C\C/C=C\CCCCCCCC(=O)OCC(COC(=O)CCCCCCCCC)OC(=O)CCCCCCC/C=C\CCCC. The predicted octanol–water partition coefficient (Wildman–Crippen LogP) is 15.1. The number of hydrogen-bond donors (Lipinski definition) is 0. The molecule has 0 spiro atoms. The van der Waals surface area contributed by atoms with E-state index in [1.165, 1.54) is 51.4 Å². The summed E-state index contributed by atoms with van der Waals surface area (Å²) in [5, 5.41) is 0. The fourth-order valence-corrected chi connectivity index (χ4v) is 6.15. The van der Waals surface area contributed by atoms with Gasteiger partial charge in [-0.25, -0.2) is 0 Å². The molecule has 0 aliphatic carbocycles. The number of hydrogen-bond acceptors (Lipinski definition) is 6. The smallest absolute Gasteiger partial charge is 0.306 e. The van der Waals surface area contributed by atoms with Gasteiger partial charge in [0.25, 0.3) is 0 Å². The molecule has 0 radical (unpaired) electrons. The van der Waals surface area contributed by atoms with Crippen LogP contribution < -0.4 is 0 Å². The van der Waals surface area contributed by atoms with Gasteiger partial charge in [0.1, 0.15) is 13.2 Å². The Labute approximate surface area is 351 Å². The number of unbranched alkanes of at least 4 members (excludes halogenated alkanes) is 18. The minimum Gasteiger partial charge on any atom is -0.462 e. The van der Waals surface area contributed by atoms with Gasteiger partial charge in [-0.3, -0.25) is 14.4 Å². The van der Waals surface area contributed by atoms with Crippen molar-refractivity contribution in [3.8, 4) is 0 Å². The summed E-state index contributed by atoms with van der Waals surface area (Å²) in [4.78, 5) is 37.6. The first-order valence-corrected chi connectivity index (χ1v) is 23.4. The first-order chi connectivity index (χ1) is 28.0. The number of carbonyl (C=O) groups excluding carboxylic acids is 3. The predicted molar refractivity (Wildman–Crippen MR) is 242 cm³/mol. The molecule has 1 unspecified atom stereocenters. The maximum absolute atomic E-state index is 12.7. The monoisotopic (exact) mass is 795 g/mol. The van der Waals surface area contributed by atoms with Gasteiger partial charge in [0.05, 0.1) is 0 Å². The highest BCUT2D eigenvalue weighted by Crippen LogP contribution is 2.13. The van der Waals surface area contributed by atoms with Gasteiger partial charge in [-0.1, -0.05) is 184 Å². The Morgan fingerprint density at radius 2 is 0.702 bits per heavy atom. The van der Waals surface area contributed by atoms with Gasteiger partial charge in [-0.2, -0.15) is 0 Å². The lowest BCUT2D eigenvalue weighted by Crippen LogP contribution is -2.30. The number of carbonyl (C=O) groups is 3. The lowest BCUT2D eigenvalue weighted by atomic mass is 10.1. The maximum atomic E-state index is 12.7. The minimum absolute atomic E-state index is 0.0853. The Bertz CT molecular complexity index is 1100. The fraction of sp³-hybridized carbons (Fsp3) is 0.706. The van der Waals surface area contributed by atoms with E-state index in [4.69, 9.17) is 14.2 Å². The summed E-state index contributed by atoms with van der Waals surface area (Å²) in [6.45, 7) is 6.40. The zero-order chi connectivity index (χ0) is 41.5. The summed E-state index contributed by atoms with van der Waals surface area (Å²) in [5.41, 5.74) is 0. The molecule has 1 atom stereocenters. The lowest BCUT2D eigenvalue weighted by Gasteiger charge is -2.18. The van der Waals surface area contributed by atoms with Gasteiger partial charge >= 0.3 is 17.9 Å². The van der Waals surface area contributed by atoms with Crippen LogP contribution in [-0.2, 0) is 28.6 Å². The van der Waals surface area contributed by atoms with Crippen LogP contribution in [0, 0.1) is 0 Å². The quantitative estimate of drug-likeness (QED) is 0.0265. The zero-order valence-corrected chi connectivity index (χ0v) is 37.1. The lowest BCUT2D eigenvalue weighted by molar-refractivity contribution is -0.167. The minimum atomic E-state index is -0.783. The van der Waals surface area contributed by atoms with Crippen molar-refractivity contribution in [2.45, 2.75) is 219 Å². The molecule has 326 valence electrons. The molecule has 6 nitrogen and oxygen atoms in total. The Balaban J connectivity index is 4.29. The van der Waals surface area contributed by atoms with E-state index in [9.17, 15) is 14.4 Å². The van der Waals surface area contributed by atoms with Crippen molar-refractivity contribution in [1.82, 2.24) is 0 Å². The second-order valence-corrected chi connectivity index (χ2v) is 15.3. The van der Waals surface area contributed by atoms with Crippen molar-refractivity contribution in [1.29, 1.82) is 0 Å². The van der Waals surface area contributed by atoms with Gasteiger partial charge in [0, 0.05) is 19.3 Å². The van der Waals surface area contributed by atoms with Crippen molar-refractivity contribution in [3.63, 3.8) is 0 Å². The van der Waals surface area contributed by atoms with E-state index < -0.39 is 6.10 Å². The van der Waals surface area contributed by atoms with Crippen molar-refractivity contribution in [2.75, 3.05) is 13.2 Å². The van der Waals surface area contributed by atoms with Crippen LogP contribution in [0.5, 0.6) is 0 Å². The Morgan fingerprint density at radius 1 is 0.368 bits per heavy atom. The number of ether oxygens (including phenoxy) is 3. The van der Waals surface area contributed by atoms with Crippen molar-refractivity contribution in [3.05, 3.63) is 72.9 Å². The summed E-state index contributed by atoms with van der Waals surface area (Å²) in [7, 11) is 0. The first kappa shape index (κ1) is 53.9. The third-order valence-electron chi connectivity index (χ3n) is 9.70. The molecular weight excluding hydrogens is 709 g/mol. The molecule has 6 heteroatoms. The summed E-state index contributed by atoms with van der Waals surface area (Å²) in [6.07, 6.45) is 56.1. The summed E-state index contributed by atoms with van der Waals surface area (Å²) in [5.74, 6) is -0.926. The molecule has 0 N–H and O–H groups in total. The summed E-state index contributed by atoms with van der Waals surface area (Å²) < 4.78 is 16.6. The summed E-state index contributed by atoms with van der Waals surface area (Å²) in [6, 6.07) is 0. The second kappa shape index (κ2) is 45.6. The average Bonchev–Trinajstić information content (AvgIpc) is 3.21. The highest BCUT2D eigenvalue weighted by molar-refractivity contribution is 5.71. The van der Waals surface area contributed by atoms with Crippen molar-refractivity contribution >= 4 is 17.9 Å². The molecule has 0 rings (SSSR count). The largest absolute Gasteiger partial charge is 0.462 e. The highest BCUT2D eigenvalue weighted by Gasteiger charge is 2.19. The van der Waals surface area contributed by atoms with Gasteiger partial charge in [-0.05, 0) is 83.5 Å². The molecule has 0 aliphatic rings. The summed E-state index contributed by atoms with van der Waals surface area (Å²) >= 11 is 0. The van der Waals surface area contributed by atoms with E-state index in [0.29, 0.717) is 19.3 Å². The Kier molecular flexibility index (Phi) is 43.0. The standard InChI is InChI=1S/C51H86O6/c1-4-7-10-13-16-18-20-21-22-23-24-25-26-27-28-29-31-32-35-38-41-44-50(53)56-47-48(46-55-49(52)43-40-37-34-15-12-9-6-3)57-51(54)45-42-39-36-33-30-19-17-14-11-8-5-2/h7,10,14,16-18,21-22,24-25,27-28,48H,4-6,8-9,11-13,15,19-20,23,26,29-47H2,1-3H3/b10-7-,17-14-,18-16-,22-21-,25-24-,28-27-. The van der Waals surface area contributed by atoms with Crippen LogP contribution in [-0.4, -0.2) is 37.2 Å². The molecular formula is C51H86O6. The fourth-order valence-electron chi connectivity index (χ4n) is 6.15. The number of rotatable bonds is 41. The van der Waals surface area contributed by atoms with Crippen LogP contribution in [0.4, 0.5) is 0 Å². The van der Waals surface area contributed by atoms with E-state index in [1.54, 1.807) is 0 Å². The van der Waals surface area contributed by atoms with Crippen LogP contribution in [0.1, 0.15) is 213 Å². The number of allylic oxidation sites excluding steroid dienone is 12. The van der Waals surface area contributed by atoms with Gasteiger partial charge < -0.3 is 14.2 Å². The molecule has 0 bridgehead atoms. The van der Waals surface area contributed by atoms with Crippen molar-refractivity contribution in [2.24, 2.45) is 0 Å². The number of esters is 3. The maximum Gasteiger partial charge on any atom is 0.306 e. The molecule has 0 aliphatic heterocycles. The van der Waals surface area contributed by atoms with E-state index in [0.717, 1.165) is 122 Å². The molecule has 57 heavy (non-hydrogen) atoms. The topological polar surface area (TPSA) is 78.9 Å². The first-order valence-electron chi connectivity index (χ1n) is 23.4. The molecule has 0 saturated heterocycles. The molecule has 0 aromatic heterocycles. The van der Waals surface area contributed by atoms with Gasteiger partial charge in [0.2, 0.25) is 0 Å². The molecule has 0 fully saturated rings. The van der Waals surface area contributed by atoms with Crippen molar-refractivity contribution < 1.29 is 28.6 Å². The highest BCUT2D eigenvalue weighted by atomic mass is 16.6. The van der Waals surface area contributed by atoms with Crippen LogP contribution in [0.3, 0.4) is 0 Å². The molecule has 0 heterocycles. The Hall–Kier alpha value is -3.15. The van der Waals surface area contributed by atoms with Crippen LogP contribution >= 0.6 is 0 Å². The molecule has 0 aromatic carbocycles. The van der Waals surface area contributed by atoms with E-state index in [-0.39, 0.29) is 31.1 Å². The second-order valence-electron chi connectivity index (χ2n) is 15.3. The van der Waals surface area contributed by atoms with E-state index >= 15 is 0 Å². The Morgan fingerprint density at radius 3 is 1.14 bits per heavy atom. The van der Waals surface area contributed by atoms with Crippen LogP contribution in [0.15, 0.2) is 72.9 Å². The third-order valence-corrected chi connectivity index (χ3v) is 9.70. The molecule has 0 aromatic rings. The van der Waals surface area contributed by atoms with Crippen LogP contribution in [0.2, 0.25) is 0 Å². The van der Waals surface area contributed by atoms with Crippen LogP contribution in [0.25, 0.3) is 0 Å². The molecule has 0 amide bonds. The average molecular weight is 795 g/mol. The van der Waals surface area contributed by atoms with E-state index in [2.05, 4.69) is 93.7 Å². The molecule has 0 saturated carbocycles. The van der Waals surface area contributed by atoms with E-state index in [1.807, 2.05) is 0 Å². The van der Waals surface area contributed by atoms with Gasteiger partial charge in [-0.15, -0.1) is 0 Å². The van der Waals surface area contributed by atoms with Gasteiger partial charge in [0.15, 0.2) is 6.10 Å². The normalized spacial score (nSPS) is 12.7.